The van der Waals surface area contributed by atoms with Crippen LogP contribution in [0.3, 0.4) is 0 Å². The highest BCUT2D eigenvalue weighted by Crippen LogP contribution is 2.14. The number of rotatable bonds is 6. The van der Waals surface area contributed by atoms with E-state index in [2.05, 4.69) is 52.4 Å². The number of benzene rings is 1. The van der Waals surface area contributed by atoms with Crippen LogP contribution >= 0.6 is 0 Å². The van der Waals surface area contributed by atoms with E-state index in [9.17, 15) is 4.79 Å². The number of nitrogens with one attached hydrogen (secondary N) is 1. The smallest absolute Gasteiger partial charge is 0.216 e. The molecule has 1 fully saturated rings. The second kappa shape index (κ2) is 8.91. The lowest BCUT2D eigenvalue weighted by Crippen LogP contribution is -2.34. The maximum Gasteiger partial charge on any atom is 0.216 e. The number of nitrogens with zero attached hydrogens (tertiary/aromatic N) is 2. The monoisotopic (exact) mass is 303 g/mol. The molecule has 1 N–H and O–H groups in total. The quantitative estimate of drug-likeness (QED) is 0.818. The Kier molecular flexibility index (Phi) is 6.87. The fourth-order valence-corrected chi connectivity index (χ4v) is 3.00. The predicted octanol–water partition coefficient (Wildman–Crippen LogP) is 2.11. The van der Waals surface area contributed by atoms with E-state index in [-0.39, 0.29) is 5.91 Å². The van der Waals surface area contributed by atoms with Crippen molar-refractivity contribution in [2.24, 2.45) is 0 Å². The number of carbonyl (C=O) groups is 1. The summed E-state index contributed by atoms with van der Waals surface area (Å²) < 4.78 is 0. The molecule has 1 aliphatic heterocycles. The van der Waals surface area contributed by atoms with Gasteiger partial charge in [0.05, 0.1) is 0 Å². The number of hydrogen-bond donors (Lipinski definition) is 1. The van der Waals surface area contributed by atoms with Crippen LogP contribution in [0.25, 0.3) is 0 Å². The molecule has 0 spiro atoms. The zero-order valence-electron chi connectivity index (χ0n) is 13.9. The van der Waals surface area contributed by atoms with Gasteiger partial charge in [-0.15, -0.1) is 0 Å². The van der Waals surface area contributed by atoms with Crippen molar-refractivity contribution < 1.29 is 4.79 Å². The highest BCUT2D eigenvalue weighted by Gasteiger charge is 2.20. The van der Waals surface area contributed by atoms with E-state index in [0.29, 0.717) is 6.04 Å². The van der Waals surface area contributed by atoms with Gasteiger partial charge in [0.1, 0.15) is 0 Å². The third-order valence-electron chi connectivity index (χ3n) is 4.44. The summed E-state index contributed by atoms with van der Waals surface area (Å²) in [6.07, 6.45) is 2.25. The van der Waals surface area contributed by atoms with Crippen molar-refractivity contribution in [3.8, 4) is 0 Å². The van der Waals surface area contributed by atoms with Crippen LogP contribution in [0.2, 0.25) is 0 Å². The van der Waals surface area contributed by atoms with Crippen molar-refractivity contribution in [1.82, 2.24) is 15.1 Å². The summed E-state index contributed by atoms with van der Waals surface area (Å²) in [6, 6.07) is 11.4. The first-order chi connectivity index (χ1) is 10.6. The van der Waals surface area contributed by atoms with E-state index >= 15 is 0 Å². The minimum Gasteiger partial charge on any atom is -0.356 e. The Labute approximate surface area is 134 Å². The largest absolute Gasteiger partial charge is 0.356 e. The summed E-state index contributed by atoms with van der Waals surface area (Å²) in [6.45, 7) is 10.2. The lowest BCUT2D eigenvalue weighted by Gasteiger charge is -2.26. The summed E-state index contributed by atoms with van der Waals surface area (Å²) in [4.78, 5) is 16.0. The maximum absolute atomic E-state index is 10.9. The molecule has 0 saturated carbocycles. The minimum absolute atomic E-state index is 0.0681. The Morgan fingerprint density at radius 1 is 1.23 bits per heavy atom. The Balaban J connectivity index is 1.76. The van der Waals surface area contributed by atoms with Crippen LogP contribution in [0.1, 0.15) is 32.3 Å². The predicted molar refractivity (Wildman–Crippen MR) is 90.7 cm³/mol. The summed E-state index contributed by atoms with van der Waals surface area (Å²) >= 11 is 0. The van der Waals surface area contributed by atoms with Gasteiger partial charge in [-0.1, -0.05) is 30.3 Å². The molecule has 1 heterocycles. The van der Waals surface area contributed by atoms with Gasteiger partial charge in [0.25, 0.3) is 0 Å². The molecule has 4 nitrogen and oxygen atoms in total. The Morgan fingerprint density at radius 2 is 2.00 bits per heavy atom. The molecule has 1 aliphatic rings. The lowest BCUT2D eigenvalue weighted by molar-refractivity contribution is -0.118. The normalized spacial score (nSPS) is 20.5. The van der Waals surface area contributed by atoms with Crippen molar-refractivity contribution in [3.05, 3.63) is 35.9 Å². The van der Waals surface area contributed by atoms with Crippen LogP contribution in [-0.4, -0.2) is 54.5 Å². The zero-order chi connectivity index (χ0) is 15.8. The molecule has 122 valence electrons. The highest BCUT2D eigenvalue weighted by molar-refractivity contribution is 5.72. The second-order valence-corrected chi connectivity index (χ2v) is 6.27. The SMILES string of the molecule is CC(=O)NCCCN1CCC(C)N(Cc2ccccc2)CC1. The number of hydrogen-bond acceptors (Lipinski definition) is 3. The van der Waals surface area contributed by atoms with E-state index in [0.717, 1.165) is 45.7 Å². The molecule has 1 unspecified atom stereocenters. The topological polar surface area (TPSA) is 35.6 Å². The average molecular weight is 303 g/mol. The molecule has 4 heteroatoms. The minimum atomic E-state index is 0.0681. The summed E-state index contributed by atoms with van der Waals surface area (Å²) in [7, 11) is 0. The molecule has 1 amide bonds. The third kappa shape index (κ3) is 5.78. The van der Waals surface area contributed by atoms with Crippen LogP contribution in [0.5, 0.6) is 0 Å². The summed E-state index contributed by atoms with van der Waals surface area (Å²) in [5, 5.41) is 2.87. The van der Waals surface area contributed by atoms with E-state index in [1.165, 1.54) is 12.0 Å². The van der Waals surface area contributed by atoms with Gasteiger partial charge in [-0.3, -0.25) is 9.69 Å². The standard InChI is InChI=1S/C18H29N3O/c1-16-9-12-20(11-6-10-19-17(2)22)13-14-21(16)15-18-7-4-3-5-8-18/h3-5,7-8,16H,6,9-15H2,1-2H3,(H,19,22). The Morgan fingerprint density at radius 3 is 2.73 bits per heavy atom. The van der Waals surface area contributed by atoms with Crippen molar-refractivity contribution in [2.45, 2.75) is 39.3 Å². The molecule has 22 heavy (non-hydrogen) atoms. The Bertz CT molecular complexity index is 449. The average Bonchev–Trinajstić information content (AvgIpc) is 2.68. The van der Waals surface area contributed by atoms with Gasteiger partial charge >= 0.3 is 0 Å². The third-order valence-corrected chi connectivity index (χ3v) is 4.44. The van der Waals surface area contributed by atoms with E-state index in [1.807, 2.05) is 0 Å². The molecule has 0 aromatic heterocycles. The van der Waals surface area contributed by atoms with Crippen LogP contribution in [0.4, 0.5) is 0 Å². The molecule has 1 aromatic rings. The fourth-order valence-electron chi connectivity index (χ4n) is 3.00. The van der Waals surface area contributed by atoms with E-state index < -0.39 is 0 Å². The molecule has 1 saturated heterocycles. The van der Waals surface area contributed by atoms with Crippen LogP contribution < -0.4 is 5.32 Å². The summed E-state index contributed by atoms with van der Waals surface area (Å²) in [5.74, 6) is 0.0681. The van der Waals surface area contributed by atoms with Gasteiger partial charge < -0.3 is 10.2 Å². The lowest BCUT2D eigenvalue weighted by atomic mass is 10.1. The van der Waals surface area contributed by atoms with E-state index in [1.54, 1.807) is 6.92 Å². The first kappa shape index (κ1) is 17.0. The molecule has 0 radical (unpaired) electrons. The summed E-state index contributed by atoms with van der Waals surface area (Å²) in [5.41, 5.74) is 1.40. The number of carbonyl (C=O) groups excluding carboxylic acids is 1. The van der Waals surface area contributed by atoms with Crippen molar-refractivity contribution in [2.75, 3.05) is 32.7 Å². The first-order valence-corrected chi connectivity index (χ1v) is 8.40. The van der Waals surface area contributed by atoms with Crippen molar-refractivity contribution >= 4 is 5.91 Å². The van der Waals surface area contributed by atoms with E-state index in [4.69, 9.17) is 0 Å². The van der Waals surface area contributed by atoms with Crippen molar-refractivity contribution in [1.29, 1.82) is 0 Å². The molecule has 1 atom stereocenters. The molecular formula is C18H29N3O. The number of amides is 1. The second-order valence-electron chi connectivity index (χ2n) is 6.27. The maximum atomic E-state index is 10.9. The molecule has 0 aliphatic carbocycles. The fraction of sp³-hybridized carbons (Fsp3) is 0.611. The van der Waals surface area contributed by atoms with Crippen LogP contribution in [0.15, 0.2) is 30.3 Å². The van der Waals surface area contributed by atoms with Gasteiger partial charge in [0.15, 0.2) is 0 Å². The molecule has 2 rings (SSSR count). The molecular weight excluding hydrogens is 274 g/mol. The van der Waals surface area contributed by atoms with Gasteiger partial charge in [0, 0.05) is 39.1 Å². The molecule has 0 bridgehead atoms. The zero-order valence-corrected chi connectivity index (χ0v) is 13.9. The van der Waals surface area contributed by atoms with Gasteiger partial charge in [-0.2, -0.15) is 0 Å². The van der Waals surface area contributed by atoms with Gasteiger partial charge in [-0.25, -0.2) is 0 Å². The van der Waals surface area contributed by atoms with Crippen LogP contribution in [0, 0.1) is 0 Å². The van der Waals surface area contributed by atoms with Gasteiger partial charge in [-0.05, 0) is 38.4 Å². The highest BCUT2D eigenvalue weighted by atomic mass is 16.1. The Hall–Kier alpha value is -1.39. The van der Waals surface area contributed by atoms with Crippen LogP contribution in [-0.2, 0) is 11.3 Å². The molecule has 1 aromatic carbocycles. The van der Waals surface area contributed by atoms with Gasteiger partial charge in [0.2, 0.25) is 5.91 Å². The van der Waals surface area contributed by atoms with Crippen molar-refractivity contribution in [3.63, 3.8) is 0 Å². The first-order valence-electron chi connectivity index (χ1n) is 8.40.